The van der Waals surface area contributed by atoms with Crippen molar-refractivity contribution in [3.8, 4) is 5.75 Å². The quantitative estimate of drug-likeness (QED) is 0.529. The molecule has 0 aliphatic carbocycles. The van der Waals surface area contributed by atoms with E-state index in [0.717, 1.165) is 16.7 Å². The Labute approximate surface area is 167 Å². The normalized spacial score (nSPS) is 12.8. The Hall–Kier alpha value is -2.63. The van der Waals surface area contributed by atoms with E-state index in [1.165, 1.54) is 6.07 Å². The van der Waals surface area contributed by atoms with Crippen molar-refractivity contribution in [3.63, 3.8) is 0 Å². The van der Waals surface area contributed by atoms with E-state index in [1.54, 1.807) is 6.21 Å². The van der Waals surface area contributed by atoms with Gasteiger partial charge in [0.2, 0.25) is 5.95 Å². The number of phenols is 1. The van der Waals surface area contributed by atoms with E-state index >= 15 is 0 Å². The number of nitrogens with zero attached hydrogens (tertiary/aromatic N) is 2. The summed E-state index contributed by atoms with van der Waals surface area (Å²) in [5.41, 5.74) is 5.48. The van der Waals surface area contributed by atoms with Crippen molar-refractivity contribution in [2.45, 2.75) is 72.1 Å². The summed E-state index contributed by atoms with van der Waals surface area (Å²) in [7, 11) is 0. The summed E-state index contributed by atoms with van der Waals surface area (Å²) < 4.78 is 0. The maximum absolute atomic E-state index is 11.8. The molecule has 2 rings (SSSR count). The highest BCUT2D eigenvalue weighted by Crippen LogP contribution is 2.39. The van der Waals surface area contributed by atoms with Crippen LogP contribution in [0.5, 0.6) is 5.75 Å². The summed E-state index contributed by atoms with van der Waals surface area (Å²) in [4.78, 5) is 18.8. The summed E-state index contributed by atoms with van der Waals surface area (Å²) >= 11 is 0. The van der Waals surface area contributed by atoms with Crippen LogP contribution in [0.3, 0.4) is 0 Å². The van der Waals surface area contributed by atoms with Gasteiger partial charge >= 0.3 is 0 Å². The number of aromatic amines is 1. The Morgan fingerprint density at radius 2 is 1.61 bits per heavy atom. The third-order valence-electron chi connectivity index (χ3n) is 4.49. The summed E-state index contributed by atoms with van der Waals surface area (Å²) in [6, 6.07) is 5.37. The Kier molecular flexibility index (Phi) is 6.02. The molecule has 2 aromatic rings. The molecule has 0 fully saturated rings. The highest BCUT2D eigenvalue weighted by Gasteiger charge is 2.26. The van der Waals surface area contributed by atoms with Crippen molar-refractivity contribution in [2.75, 3.05) is 5.43 Å². The van der Waals surface area contributed by atoms with Gasteiger partial charge in [-0.3, -0.25) is 9.78 Å². The minimum absolute atomic E-state index is 0.146. The van der Waals surface area contributed by atoms with Crippen LogP contribution in [0.2, 0.25) is 0 Å². The predicted molar refractivity (Wildman–Crippen MR) is 116 cm³/mol. The zero-order valence-corrected chi connectivity index (χ0v) is 18.1. The number of hydrogen-bond donors (Lipinski definition) is 3. The molecule has 6 nitrogen and oxygen atoms in total. The number of hydrogen-bond acceptors (Lipinski definition) is 5. The number of aromatic hydroxyl groups is 1. The molecule has 0 atom stereocenters. The first-order chi connectivity index (χ1) is 12.8. The van der Waals surface area contributed by atoms with Gasteiger partial charge in [0.05, 0.1) is 11.9 Å². The molecule has 1 aromatic heterocycles. The largest absolute Gasteiger partial charge is 0.507 e. The van der Waals surface area contributed by atoms with Crippen molar-refractivity contribution in [2.24, 2.45) is 5.10 Å². The topological polar surface area (TPSA) is 90.4 Å². The second-order valence-corrected chi connectivity index (χ2v) is 9.51. The van der Waals surface area contributed by atoms with Crippen LogP contribution in [0.4, 0.5) is 5.95 Å². The van der Waals surface area contributed by atoms with Gasteiger partial charge in [0.1, 0.15) is 5.75 Å². The molecular formula is C22H32N4O2. The third-order valence-corrected chi connectivity index (χ3v) is 4.49. The van der Waals surface area contributed by atoms with E-state index in [9.17, 15) is 9.90 Å². The maximum Gasteiger partial charge on any atom is 0.252 e. The molecule has 28 heavy (non-hydrogen) atoms. The first kappa shape index (κ1) is 21.7. The lowest BCUT2D eigenvalue weighted by atomic mass is 9.78. The van der Waals surface area contributed by atoms with Crippen LogP contribution in [0.15, 0.2) is 28.1 Å². The molecule has 0 amide bonds. The first-order valence-electron chi connectivity index (χ1n) is 9.57. The van der Waals surface area contributed by atoms with E-state index in [1.807, 2.05) is 26.0 Å². The smallest absolute Gasteiger partial charge is 0.252 e. The van der Waals surface area contributed by atoms with Crippen molar-refractivity contribution in [1.29, 1.82) is 0 Å². The number of rotatable bonds is 4. The molecule has 0 spiro atoms. The standard InChI is InChI=1S/C22H32N4O2/c1-13(2)17-11-18(27)25-20(24-17)26-23-12-14-9-15(21(3,4)5)19(28)16(10-14)22(6,7)8/h9-13,28H,1-8H3,(H2,24,25,26,27)/b23-12-. The summed E-state index contributed by atoms with van der Waals surface area (Å²) in [6.45, 7) is 16.4. The monoisotopic (exact) mass is 384 g/mol. The SMILES string of the molecule is CC(C)c1cc(=O)[nH]c(N/N=C\c2cc(C(C)(C)C)c(O)c(C(C)(C)C)c2)n1. The molecule has 0 radical (unpaired) electrons. The fraction of sp³-hybridized carbons (Fsp3) is 0.500. The highest BCUT2D eigenvalue weighted by atomic mass is 16.3. The Morgan fingerprint density at radius 3 is 2.07 bits per heavy atom. The van der Waals surface area contributed by atoms with Crippen LogP contribution in [-0.2, 0) is 10.8 Å². The van der Waals surface area contributed by atoms with Crippen LogP contribution in [0.1, 0.15) is 83.7 Å². The van der Waals surface area contributed by atoms with Crippen LogP contribution in [-0.4, -0.2) is 21.3 Å². The second-order valence-electron chi connectivity index (χ2n) is 9.51. The molecule has 6 heteroatoms. The molecule has 152 valence electrons. The first-order valence-corrected chi connectivity index (χ1v) is 9.57. The lowest BCUT2D eigenvalue weighted by Gasteiger charge is -2.27. The number of benzene rings is 1. The predicted octanol–water partition coefficient (Wildman–Crippen LogP) is 4.64. The molecule has 0 aliphatic rings. The summed E-state index contributed by atoms with van der Waals surface area (Å²) in [5, 5.41) is 15.0. The van der Waals surface area contributed by atoms with Crippen LogP contribution < -0.4 is 11.0 Å². The zero-order chi connectivity index (χ0) is 21.3. The molecule has 0 saturated heterocycles. The second kappa shape index (κ2) is 7.78. The van der Waals surface area contributed by atoms with Gasteiger partial charge in [-0.15, -0.1) is 0 Å². The van der Waals surface area contributed by atoms with Crippen molar-refractivity contribution in [3.05, 3.63) is 50.9 Å². The lowest BCUT2D eigenvalue weighted by Crippen LogP contribution is -2.18. The van der Waals surface area contributed by atoms with Crippen LogP contribution >= 0.6 is 0 Å². The number of nitrogens with one attached hydrogen (secondary N) is 2. The molecule has 0 aliphatic heterocycles. The fourth-order valence-electron chi connectivity index (χ4n) is 2.87. The van der Waals surface area contributed by atoms with E-state index < -0.39 is 0 Å². The van der Waals surface area contributed by atoms with Gasteiger partial charge in [0.15, 0.2) is 0 Å². The average molecular weight is 385 g/mol. The fourth-order valence-corrected chi connectivity index (χ4v) is 2.87. The minimum Gasteiger partial charge on any atom is -0.507 e. The number of phenolic OH excluding ortho intramolecular Hbond substituents is 1. The van der Waals surface area contributed by atoms with Gasteiger partial charge < -0.3 is 5.11 Å². The summed E-state index contributed by atoms with van der Waals surface area (Å²) in [5.74, 6) is 0.784. The van der Waals surface area contributed by atoms with E-state index in [-0.39, 0.29) is 22.3 Å². The lowest BCUT2D eigenvalue weighted by molar-refractivity contribution is 0.423. The molecule has 1 aromatic carbocycles. The van der Waals surface area contributed by atoms with Gasteiger partial charge in [-0.05, 0) is 34.4 Å². The average Bonchev–Trinajstić information content (AvgIpc) is 2.53. The number of anilines is 1. The highest BCUT2D eigenvalue weighted by molar-refractivity contribution is 5.82. The molecule has 0 unspecified atom stereocenters. The molecule has 0 bridgehead atoms. The molecular weight excluding hydrogens is 352 g/mol. The third kappa shape index (κ3) is 5.21. The summed E-state index contributed by atoms with van der Waals surface area (Å²) in [6.07, 6.45) is 1.67. The van der Waals surface area contributed by atoms with Crippen LogP contribution in [0, 0.1) is 0 Å². The van der Waals surface area contributed by atoms with Gasteiger partial charge in [-0.2, -0.15) is 5.10 Å². The van der Waals surface area contributed by atoms with E-state index in [2.05, 4.69) is 62.0 Å². The Morgan fingerprint density at radius 1 is 1.07 bits per heavy atom. The van der Waals surface area contributed by atoms with Crippen molar-refractivity contribution in [1.82, 2.24) is 9.97 Å². The van der Waals surface area contributed by atoms with Gasteiger partial charge in [-0.1, -0.05) is 55.4 Å². The van der Waals surface area contributed by atoms with Crippen molar-refractivity contribution >= 4 is 12.2 Å². The number of hydrazone groups is 1. The Balaban J connectivity index is 2.40. The maximum atomic E-state index is 11.8. The van der Waals surface area contributed by atoms with Gasteiger partial charge in [0.25, 0.3) is 5.56 Å². The van der Waals surface area contributed by atoms with E-state index in [0.29, 0.717) is 17.4 Å². The minimum atomic E-state index is -0.217. The molecule has 0 saturated carbocycles. The molecule has 3 N–H and O–H groups in total. The van der Waals surface area contributed by atoms with Crippen molar-refractivity contribution < 1.29 is 5.11 Å². The zero-order valence-electron chi connectivity index (χ0n) is 18.1. The number of H-pyrrole nitrogens is 1. The molecule has 1 heterocycles. The van der Waals surface area contributed by atoms with Gasteiger partial charge in [-0.25, -0.2) is 10.4 Å². The number of aromatic nitrogens is 2. The van der Waals surface area contributed by atoms with Gasteiger partial charge in [0, 0.05) is 17.2 Å². The Bertz CT molecular complexity index is 894. The van der Waals surface area contributed by atoms with Crippen LogP contribution in [0.25, 0.3) is 0 Å². The van der Waals surface area contributed by atoms with E-state index in [4.69, 9.17) is 0 Å².